The van der Waals surface area contributed by atoms with Crippen LogP contribution in [0.2, 0.25) is 0 Å². The first-order valence-electron chi connectivity index (χ1n) is 7.98. The van der Waals surface area contributed by atoms with Crippen LogP contribution in [0.1, 0.15) is 10.4 Å². The van der Waals surface area contributed by atoms with Crippen molar-refractivity contribution in [2.45, 2.75) is 0 Å². The van der Waals surface area contributed by atoms with Gasteiger partial charge in [-0.1, -0.05) is 0 Å². The van der Waals surface area contributed by atoms with Gasteiger partial charge in [-0.3, -0.25) is 4.79 Å². The fourth-order valence-corrected chi connectivity index (χ4v) is 2.26. The van der Waals surface area contributed by atoms with E-state index in [0.29, 0.717) is 17.3 Å². The highest BCUT2D eigenvalue weighted by atomic mass is 19.1. The molecule has 1 aromatic heterocycles. The van der Waals surface area contributed by atoms with Gasteiger partial charge in [0.2, 0.25) is 5.88 Å². The van der Waals surface area contributed by atoms with E-state index >= 15 is 0 Å². The predicted molar refractivity (Wildman–Crippen MR) is 91.6 cm³/mol. The smallest absolute Gasteiger partial charge is 0.254 e. The van der Waals surface area contributed by atoms with Crippen LogP contribution in [0.3, 0.4) is 0 Å². The molecule has 0 radical (unpaired) electrons. The Kier molecular flexibility index (Phi) is 5.65. The fourth-order valence-electron chi connectivity index (χ4n) is 2.26. The van der Waals surface area contributed by atoms with E-state index in [1.165, 1.54) is 12.1 Å². The third kappa shape index (κ3) is 4.81. The minimum atomic E-state index is -0.935. The molecule has 0 unspecified atom stereocenters. The number of hydrogen-bond donors (Lipinski definition) is 1. The lowest BCUT2D eigenvalue weighted by molar-refractivity contribution is 0.0942. The van der Waals surface area contributed by atoms with Gasteiger partial charge in [-0.05, 0) is 42.5 Å². The summed E-state index contributed by atoms with van der Waals surface area (Å²) in [7, 11) is 0. The van der Waals surface area contributed by atoms with E-state index in [1.54, 1.807) is 24.3 Å². The number of amides is 1. The highest BCUT2D eigenvalue weighted by Gasteiger charge is 2.12. The van der Waals surface area contributed by atoms with Gasteiger partial charge in [0.25, 0.3) is 5.91 Å². The highest BCUT2D eigenvalue weighted by Crippen LogP contribution is 2.18. The Labute approximate surface area is 152 Å². The molecule has 3 aromatic rings. The maximum absolute atomic E-state index is 13.5. The molecule has 138 valence electrons. The molecule has 0 atom stereocenters. The van der Waals surface area contributed by atoms with Gasteiger partial charge in [-0.15, -0.1) is 10.2 Å². The number of rotatable bonds is 6. The molecule has 0 fully saturated rings. The number of benzene rings is 2. The number of halogens is 3. The summed E-state index contributed by atoms with van der Waals surface area (Å²) in [4.78, 5) is 11.8. The number of carbonyl (C=O) groups is 1. The molecule has 0 aliphatic heterocycles. The first-order valence-corrected chi connectivity index (χ1v) is 7.98. The molecular weight excluding hydrogens is 359 g/mol. The minimum Gasteiger partial charge on any atom is -0.475 e. The van der Waals surface area contributed by atoms with Gasteiger partial charge >= 0.3 is 0 Å². The molecule has 27 heavy (non-hydrogen) atoms. The molecule has 0 spiro atoms. The van der Waals surface area contributed by atoms with Crippen molar-refractivity contribution in [3.8, 4) is 17.1 Å². The lowest BCUT2D eigenvalue weighted by Crippen LogP contribution is -2.29. The summed E-state index contributed by atoms with van der Waals surface area (Å²) in [6, 6.07) is 11.8. The lowest BCUT2D eigenvalue weighted by Gasteiger charge is -2.08. The second-order valence-electron chi connectivity index (χ2n) is 5.49. The van der Waals surface area contributed by atoms with Crippen molar-refractivity contribution < 1.29 is 22.7 Å². The summed E-state index contributed by atoms with van der Waals surface area (Å²) < 4.78 is 44.6. The average Bonchev–Trinajstić information content (AvgIpc) is 2.66. The molecule has 1 heterocycles. The maximum atomic E-state index is 13.5. The molecule has 1 N–H and O–H groups in total. The van der Waals surface area contributed by atoms with Crippen LogP contribution in [0.4, 0.5) is 13.2 Å². The summed E-state index contributed by atoms with van der Waals surface area (Å²) in [6.45, 7) is 0.177. The molecule has 0 aliphatic carbocycles. The van der Waals surface area contributed by atoms with E-state index in [1.807, 2.05) is 0 Å². The largest absolute Gasteiger partial charge is 0.475 e. The van der Waals surface area contributed by atoms with Gasteiger partial charge < -0.3 is 10.1 Å². The van der Waals surface area contributed by atoms with E-state index in [4.69, 9.17) is 4.74 Å². The number of ether oxygens (including phenoxy) is 1. The van der Waals surface area contributed by atoms with E-state index in [0.717, 1.165) is 12.1 Å². The number of carbonyl (C=O) groups excluding carboxylic acids is 1. The molecule has 0 saturated carbocycles. The van der Waals surface area contributed by atoms with Crippen LogP contribution in [-0.2, 0) is 0 Å². The van der Waals surface area contributed by atoms with Gasteiger partial charge in [0.1, 0.15) is 24.1 Å². The Morgan fingerprint density at radius 3 is 2.33 bits per heavy atom. The number of hydrogen-bond acceptors (Lipinski definition) is 4. The third-order valence-electron chi connectivity index (χ3n) is 3.59. The first kappa shape index (κ1) is 18.4. The predicted octanol–water partition coefficient (Wildman–Crippen LogP) is 3.37. The quantitative estimate of drug-likeness (QED) is 0.673. The van der Waals surface area contributed by atoms with Gasteiger partial charge in [0.05, 0.1) is 17.8 Å². The standard InChI is InChI=1S/C19H14F3N3O2/c20-13-3-1-12(2-4-13)17-7-8-18(25-24-17)27-10-9-23-19(26)15-6-5-14(21)11-16(15)22/h1-8,11H,9-10H2,(H,23,26). The van der Waals surface area contributed by atoms with Crippen LogP contribution >= 0.6 is 0 Å². The fraction of sp³-hybridized carbons (Fsp3) is 0.105. The zero-order chi connectivity index (χ0) is 19.2. The maximum Gasteiger partial charge on any atom is 0.254 e. The van der Waals surface area contributed by atoms with Gasteiger partial charge in [0, 0.05) is 17.7 Å². The molecule has 8 heteroatoms. The van der Waals surface area contributed by atoms with Crippen molar-refractivity contribution in [3.63, 3.8) is 0 Å². The van der Waals surface area contributed by atoms with Crippen molar-refractivity contribution >= 4 is 5.91 Å². The normalized spacial score (nSPS) is 10.5. The van der Waals surface area contributed by atoms with Crippen LogP contribution in [-0.4, -0.2) is 29.3 Å². The van der Waals surface area contributed by atoms with Crippen molar-refractivity contribution in [1.82, 2.24) is 15.5 Å². The topological polar surface area (TPSA) is 64.1 Å². The second kappa shape index (κ2) is 8.31. The van der Waals surface area contributed by atoms with Gasteiger partial charge in [-0.2, -0.15) is 0 Å². The zero-order valence-electron chi connectivity index (χ0n) is 14.0. The summed E-state index contributed by atoms with van der Waals surface area (Å²) in [5.74, 6) is -2.46. The average molecular weight is 373 g/mol. The Hall–Kier alpha value is -3.42. The van der Waals surface area contributed by atoms with Crippen LogP contribution in [0.5, 0.6) is 5.88 Å². The van der Waals surface area contributed by atoms with Gasteiger partial charge in [0.15, 0.2) is 0 Å². The van der Waals surface area contributed by atoms with Gasteiger partial charge in [-0.25, -0.2) is 13.2 Å². The summed E-state index contributed by atoms with van der Waals surface area (Å²) in [5, 5.41) is 10.3. The van der Waals surface area contributed by atoms with Crippen LogP contribution in [0.25, 0.3) is 11.3 Å². The molecular formula is C19H14F3N3O2. The van der Waals surface area contributed by atoms with E-state index < -0.39 is 17.5 Å². The van der Waals surface area contributed by atoms with Crippen molar-refractivity contribution in [2.75, 3.05) is 13.2 Å². The minimum absolute atomic E-state index is 0.0825. The molecule has 0 bridgehead atoms. The second-order valence-corrected chi connectivity index (χ2v) is 5.49. The molecule has 5 nitrogen and oxygen atoms in total. The monoisotopic (exact) mass is 373 g/mol. The lowest BCUT2D eigenvalue weighted by atomic mass is 10.1. The van der Waals surface area contributed by atoms with E-state index in [-0.39, 0.29) is 30.4 Å². The third-order valence-corrected chi connectivity index (χ3v) is 3.59. The van der Waals surface area contributed by atoms with Crippen molar-refractivity contribution in [3.05, 3.63) is 77.6 Å². The summed E-state index contributed by atoms with van der Waals surface area (Å²) in [5.41, 5.74) is 1.02. The number of nitrogens with zero attached hydrogens (tertiary/aromatic N) is 2. The van der Waals surface area contributed by atoms with Crippen molar-refractivity contribution in [2.24, 2.45) is 0 Å². The molecule has 0 aliphatic rings. The first-order chi connectivity index (χ1) is 13.0. The Morgan fingerprint density at radius 2 is 1.67 bits per heavy atom. The van der Waals surface area contributed by atoms with E-state index in [9.17, 15) is 18.0 Å². The number of aromatic nitrogens is 2. The highest BCUT2D eigenvalue weighted by molar-refractivity contribution is 5.94. The summed E-state index contributed by atoms with van der Waals surface area (Å²) >= 11 is 0. The van der Waals surface area contributed by atoms with Crippen LogP contribution in [0, 0.1) is 17.5 Å². The number of nitrogens with one attached hydrogen (secondary N) is 1. The summed E-state index contributed by atoms with van der Waals surface area (Å²) in [6.07, 6.45) is 0. The van der Waals surface area contributed by atoms with Crippen LogP contribution in [0.15, 0.2) is 54.6 Å². The van der Waals surface area contributed by atoms with Crippen LogP contribution < -0.4 is 10.1 Å². The van der Waals surface area contributed by atoms with Crippen molar-refractivity contribution in [1.29, 1.82) is 0 Å². The molecule has 3 rings (SSSR count). The Morgan fingerprint density at radius 1 is 0.926 bits per heavy atom. The zero-order valence-corrected chi connectivity index (χ0v) is 14.0. The molecule has 1 amide bonds. The van der Waals surface area contributed by atoms with E-state index in [2.05, 4.69) is 15.5 Å². The Bertz CT molecular complexity index is 932. The molecule has 0 saturated heterocycles. The molecule has 2 aromatic carbocycles. The Balaban J connectivity index is 1.49. The SMILES string of the molecule is O=C(NCCOc1ccc(-c2ccc(F)cc2)nn1)c1ccc(F)cc1F.